The van der Waals surface area contributed by atoms with Crippen LogP contribution in [0, 0.1) is 0 Å². The van der Waals surface area contributed by atoms with Crippen molar-refractivity contribution in [3.63, 3.8) is 0 Å². The molecule has 0 saturated heterocycles. The molecule has 3 nitrogen and oxygen atoms in total. The second-order valence-corrected chi connectivity index (χ2v) is 5.56. The van der Waals surface area contributed by atoms with Crippen molar-refractivity contribution in [1.29, 1.82) is 0 Å². The van der Waals surface area contributed by atoms with Crippen molar-refractivity contribution in [3.8, 4) is 11.1 Å². The van der Waals surface area contributed by atoms with Crippen molar-refractivity contribution in [2.45, 2.75) is 12.3 Å². The lowest BCUT2D eigenvalue weighted by Crippen LogP contribution is -2.27. The van der Waals surface area contributed by atoms with Crippen LogP contribution >= 0.6 is 0 Å². The van der Waals surface area contributed by atoms with Crippen molar-refractivity contribution in [2.75, 3.05) is 20.8 Å². The van der Waals surface area contributed by atoms with Gasteiger partial charge in [0.05, 0.1) is 19.3 Å². The van der Waals surface area contributed by atoms with E-state index in [1.807, 2.05) is 30.3 Å². The number of carbonyl (C=O) groups is 1. The molecule has 0 spiro atoms. The third-order valence-electron chi connectivity index (χ3n) is 4.28. The summed E-state index contributed by atoms with van der Waals surface area (Å²) in [5.41, 5.74) is 5.06. The van der Waals surface area contributed by atoms with Crippen molar-refractivity contribution in [1.82, 2.24) is 0 Å². The van der Waals surface area contributed by atoms with E-state index in [1.54, 1.807) is 7.11 Å². The lowest BCUT2D eigenvalue weighted by atomic mass is 9.80. The highest BCUT2D eigenvalue weighted by molar-refractivity contribution is 5.92. The fourth-order valence-corrected chi connectivity index (χ4v) is 3.27. The van der Waals surface area contributed by atoms with Gasteiger partial charge in [-0.15, -0.1) is 0 Å². The van der Waals surface area contributed by atoms with E-state index in [9.17, 15) is 4.79 Å². The second kappa shape index (κ2) is 5.01. The van der Waals surface area contributed by atoms with E-state index in [4.69, 9.17) is 9.47 Å². The van der Waals surface area contributed by atoms with E-state index in [2.05, 4.69) is 19.1 Å². The van der Waals surface area contributed by atoms with Crippen LogP contribution in [0.3, 0.4) is 0 Å². The van der Waals surface area contributed by atoms with Crippen LogP contribution in [0.5, 0.6) is 0 Å². The monoisotopic (exact) mass is 282 g/mol. The molecule has 2 aromatic rings. The van der Waals surface area contributed by atoms with Gasteiger partial charge in [-0.2, -0.15) is 0 Å². The number of fused-ring (bicyclic) bond motifs is 3. The number of benzene rings is 2. The van der Waals surface area contributed by atoms with E-state index < -0.39 is 0 Å². The summed E-state index contributed by atoms with van der Waals surface area (Å²) < 4.78 is 10.3. The Bertz CT molecular complexity index is 705. The topological polar surface area (TPSA) is 35.5 Å². The third-order valence-corrected chi connectivity index (χ3v) is 4.28. The summed E-state index contributed by atoms with van der Waals surface area (Å²) in [4.78, 5) is 11.8. The highest BCUT2D eigenvalue weighted by atomic mass is 16.5. The number of rotatable bonds is 3. The Morgan fingerprint density at radius 3 is 2.48 bits per heavy atom. The summed E-state index contributed by atoms with van der Waals surface area (Å²) in [6, 6.07) is 14.1. The van der Waals surface area contributed by atoms with Crippen LogP contribution in [0.15, 0.2) is 42.5 Å². The number of methoxy groups -OCH3 is 2. The van der Waals surface area contributed by atoms with Gasteiger partial charge in [-0.25, -0.2) is 4.79 Å². The summed E-state index contributed by atoms with van der Waals surface area (Å²) in [6.07, 6.45) is 0. The van der Waals surface area contributed by atoms with Gasteiger partial charge in [0.1, 0.15) is 0 Å². The van der Waals surface area contributed by atoms with E-state index in [0.29, 0.717) is 12.2 Å². The minimum Gasteiger partial charge on any atom is -0.465 e. The zero-order chi connectivity index (χ0) is 15.0. The summed E-state index contributed by atoms with van der Waals surface area (Å²) in [5.74, 6) is -0.312. The highest BCUT2D eigenvalue weighted by Gasteiger charge is 2.39. The van der Waals surface area contributed by atoms with E-state index in [0.717, 1.165) is 11.1 Å². The van der Waals surface area contributed by atoms with Crippen molar-refractivity contribution in [2.24, 2.45) is 0 Å². The molecule has 0 aromatic heterocycles. The van der Waals surface area contributed by atoms with Gasteiger partial charge in [-0.05, 0) is 41.3 Å². The molecule has 0 radical (unpaired) electrons. The van der Waals surface area contributed by atoms with Crippen LogP contribution < -0.4 is 0 Å². The van der Waals surface area contributed by atoms with Gasteiger partial charge in [0, 0.05) is 12.5 Å². The molecule has 0 fully saturated rings. The lowest BCUT2D eigenvalue weighted by Gasteiger charge is -2.26. The van der Waals surface area contributed by atoms with Crippen LogP contribution in [0.2, 0.25) is 0 Å². The molecule has 0 heterocycles. The van der Waals surface area contributed by atoms with Gasteiger partial charge in [-0.3, -0.25) is 0 Å². The standard InChI is InChI=1S/C18H18O3/c1-18(11-20-2)15-7-5-4-6-13(15)14-9-8-12(10-16(14)18)17(19)21-3/h4-10H,11H2,1-3H3. The predicted octanol–water partition coefficient (Wildman–Crippen LogP) is 3.41. The van der Waals surface area contributed by atoms with Gasteiger partial charge in [-0.1, -0.05) is 30.3 Å². The number of esters is 1. The largest absolute Gasteiger partial charge is 0.465 e. The Hall–Kier alpha value is -2.13. The first-order valence-corrected chi connectivity index (χ1v) is 6.93. The Labute approximate surface area is 124 Å². The molecule has 0 N–H and O–H groups in total. The molecule has 21 heavy (non-hydrogen) atoms. The van der Waals surface area contributed by atoms with E-state index in [1.165, 1.54) is 18.2 Å². The van der Waals surface area contributed by atoms with Crippen LogP contribution in [-0.2, 0) is 14.9 Å². The first kappa shape index (κ1) is 13.8. The fraction of sp³-hybridized carbons (Fsp3) is 0.278. The molecule has 0 amide bonds. The molecule has 1 aliphatic carbocycles. The normalized spacial score (nSPS) is 19.0. The Morgan fingerprint density at radius 1 is 1.05 bits per heavy atom. The SMILES string of the molecule is COCC1(C)c2ccccc2-c2ccc(C(=O)OC)cc21. The maximum atomic E-state index is 11.8. The number of ether oxygens (including phenoxy) is 2. The minimum atomic E-state index is -0.312. The molecule has 0 bridgehead atoms. The molecule has 2 aromatic carbocycles. The third kappa shape index (κ3) is 1.96. The first-order chi connectivity index (χ1) is 10.1. The molecular formula is C18H18O3. The molecule has 0 aliphatic heterocycles. The number of hydrogen-bond donors (Lipinski definition) is 0. The molecule has 3 heteroatoms. The number of hydrogen-bond acceptors (Lipinski definition) is 3. The average molecular weight is 282 g/mol. The van der Waals surface area contributed by atoms with E-state index in [-0.39, 0.29) is 11.4 Å². The molecular weight excluding hydrogens is 264 g/mol. The van der Waals surface area contributed by atoms with Crippen LogP contribution in [0.1, 0.15) is 28.4 Å². The van der Waals surface area contributed by atoms with Crippen LogP contribution in [0.4, 0.5) is 0 Å². The summed E-state index contributed by atoms with van der Waals surface area (Å²) in [7, 11) is 3.11. The maximum Gasteiger partial charge on any atom is 0.337 e. The Morgan fingerprint density at radius 2 is 1.76 bits per heavy atom. The highest BCUT2D eigenvalue weighted by Crippen LogP contribution is 2.49. The van der Waals surface area contributed by atoms with Crippen LogP contribution in [-0.4, -0.2) is 26.8 Å². The molecule has 3 rings (SSSR count). The summed E-state index contributed by atoms with van der Waals surface area (Å²) in [6.45, 7) is 2.73. The van der Waals surface area contributed by atoms with Gasteiger partial charge in [0.15, 0.2) is 0 Å². The van der Waals surface area contributed by atoms with Gasteiger partial charge in [0.2, 0.25) is 0 Å². The summed E-state index contributed by atoms with van der Waals surface area (Å²) in [5, 5.41) is 0. The quantitative estimate of drug-likeness (QED) is 0.809. The maximum absolute atomic E-state index is 11.8. The zero-order valence-electron chi connectivity index (χ0n) is 12.5. The zero-order valence-corrected chi connectivity index (χ0v) is 12.5. The lowest BCUT2D eigenvalue weighted by molar-refractivity contribution is 0.0600. The van der Waals surface area contributed by atoms with Crippen molar-refractivity contribution in [3.05, 3.63) is 59.2 Å². The fourth-order valence-electron chi connectivity index (χ4n) is 3.27. The smallest absolute Gasteiger partial charge is 0.337 e. The molecule has 1 unspecified atom stereocenters. The minimum absolute atomic E-state index is 0.245. The Balaban J connectivity index is 2.23. The first-order valence-electron chi connectivity index (χ1n) is 6.93. The van der Waals surface area contributed by atoms with Crippen molar-refractivity contribution >= 4 is 5.97 Å². The predicted molar refractivity (Wildman–Crippen MR) is 81.5 cm³/mol. The number of carbonyl (C=O) groups excluding carboxylic acids is 1. The van der Waals surface area contributed by atoms with Gasteiger partial charge in [0.25, 0.3) is 0 Å². The summed E-state index contributed by atoms with van der Waals surface area (Å²) >= 11 is 0. The second-order valence-electron chi connectivity index (χ2n) is 5.56. The average Bonchev–Trinajstić information content (AvgIpc) is 2.77. The Kier molecular flexibility index (Phi) is 3.30. The van der Waals surface area contributed by atoms with E-state index >= 15 is 0 Å². The molecule has 1 atom stereocenters. The molecule has 1 aliphatic rings. The van der Waals surface area contributed by atoms with Gasteiger partial charge < -0.3 is 9.47 Å². The van der Waals surface area contributed by atoms with Crippen molar-refractivity contribution < 1.29 is 14.3 Å². The van der Waals surface area contributed by atoms with Gasteiger partial charge >= 0.3 is 5.97 Å². The molecule has 0 saturated carbocycles. The molecule has 108 valence electrons. The van der Waals surface area contributed by atoms with Crippen LogP contribution in [0.25, 0.3) is 11.1 Å².